The van der Waals surface area contributed by atoms with Gasteiger partial charge in [0.25, 0.3) is 0 Å². The Hall–Kier alpha value is -2.86. The molecule has 2 aromatic heterocycles. The van der Waals surface area contributed by atoms with Gasteiger partial charge in [-0.15, -0.1) is 0 Å². The minimum Gasteiger partial charge on any atom is -0.476 e. The molecule has 3 aromatic rings. The van der Waals surface area contributed by atoms with Gasteiger partial charge in [0.2, 0.25) is 0 Å². The fraction of sp³-hybridized carbons (Fsp3) is 0.333. The number of aromatic carboxylic acids is 1. The number of aromatic nitrogens is 2. The second-order valence-electron chi connectivity index (χ2n) is 7.56. The number of carboxylic acid groups (broad SMARTS) is 1. The maximum atomic E-state index is 11.4. The average Bonchev–Trinajstić information content (AvgIpc) is 3.24. The number of hydrogen-bond acceptors (Lipinski definition) is 4. The lowest BCUT2D eigenvalue weighted by molar-refractivity contribution is 0.0686. The van der Waals surface area contributed by atoms with Gasteiger partial charge in [-0.05, 0) is 30.5 Å². The summed E-state index contributed by atoms with van der Waals surface area (Å²) in [6.45, 7) is 5.69. The van der Waals surface area contributed by atoms with E-state index < -0.39 is 5.97 Å². The van der Waals surface area contributed by atoms with Gasteiger partial charge in [0.15, 0.2) is 5.69 Å². The predicted octanol–water partition coefficient (Wildman–Crippen LogP) is 3.00. The van der Waals surface area contributed by atoms with Gasteiger partial charge in [-0.2, -0.15) is 5.10 Å². The van der Waals surface area contributed by atoms with Gasteiger partial charge in [0.05, 0.1) is 24.0 Å². The molecule has 0 radical (unpaired) electrons. The number of hydrogen-bond donors (Lipinski definition) is 2. The van der Waals surface area contributed by atoms with Crippen molar-refractivity contribution in [3.05, 3.63) is 65.0 Å². The fourth-order valence-corrected chi connectivity index (χ4v) is 4.19. The highest BCUT2D eigenvalue weighted by Gasteiger charge is 2.35. The quantitative estimate of drug-likeness (QED) is 0.743. The molecule has 1 aromatic carbocycles. The van der Waals surface area contributed by atoms with Crippen LogP contribution in [0.15, 0.2) is 42.6 Å². The molecule has 3 heterocycles. The molecule has 0 unspecified atom stereocenters. The molecule has 0 aliphatic carbocycles. The third-order valence-corrected chi connectivity index (χ3v) is 5.67. The molecule has 6 nitrogen and oxygen atoms in total. The highest BCUT2D eigenvalue weighted by molar-refractivity contribution is 5.90. The Morgan fingerprint density at radius 3 is 2.70 bits per heavy atom. The van der Waals surface area contributed by atoms with Gasteiger partial charge in [-0.3, -0.25) is 0 Å². The second kappa shape index (κ2) is 6.39. The number of carbonyl (C=O) groups is 1. The lowest BCUT2D eigenvalue weighted by Crippen LogP contribution is -2.28. The molecule has 1 atom stereocenters. The van der Waals surface area contributed by atoms with Gasteiger partial charge in [0.1, 0.15) is 0 Å². The molecule has 1 aliphatic rings. The van der Waals surface area contributed by atoms with Crippen LogP contribution in [0.25, 0.3) is 5.52 Å². The van der Waals surface area contributed by atoms with E-state index in [1.165, 1.54) is 5.56 Å². The zero-order chi connectivity index (χ0) is 19.2. The zero-order valence-corrected chi connectivity index (χ0v) is 15.5. The summed E-state index contributed by atoms with van der Waals surface area (Å²) in [5.74, 6) is -1.12. The summed E-state index contributed by atoms with van der Waals surface area (Å²) >= 11 is 0. The molecule has 1 aliphatic heterocycles. The molecular formula is C21H23N3O3. The summed E-state index contributed by atoms with van der Waals surface area (Å²) in [6, 6.07) is 12.6. The molecule has 27 heavy (non-hydrogen) atoms. The molecule has 0 spiro atoms. The smallest absolute Gasteiger partial charge is 0.356 e. The molecule has 0 bridgehead atoms. The molecule has 1 saturated heterocycles. The van der Waals surface area contributed by atoms with E-state index in [9.17, 15) is 15.0 Å². The minimum atomic E-state index is -1.12. The number of pyridine rings is 1. The molecule has 1 fully saturated rings. The normalized spacial score (nSPS) is 19.7. The monoisotopic (exact) mass is 365 g/mol. The van der Waals surface area contributed by atoms with Gasteiger partial charge in [-0.25, -0.2) is 9.31 Å². The summed E-state index contributed by atoms with van der Waals surface area (Å²) in [5, 5.41) is 23.2. The Morgan fingerprint density at radius 2 is 2.04 bits per heavy atom. The van der Waals surface area contributed by atoms with E-state index in [0.29, 0.717) is 11.1 Å². The van der Waals surface area contributed by atoms with Crippen LogP contribution in [0.5, 0.6) is 0 Å². The van der Waals surface area contributed by atoms with E-state index in [2.05, 4.69) is 47.3 Å². The van der Waals surface area contributed by atoms with Crippen LogP contribution >= 0.6 is 0 Å². The largest absolute Gasteiger partial charge is 0.476 e. The molecule has 4 rings (SSSR count). The second-order valence-corrected chi connectivity index (χ2v) is 7.56. The maximum absolute atomic E-state index is 11.4. The van der Waals surface area contributed by atoms with E-state index in [1.807, 2.05) is 19.2 Å². The predicted molar refractivity (Wildman–Crippen MR) is 103 cm³/mol. The van der Waals surface area contributed by atoms with Crippen molar-refractivity contribution >= 4 is 17.2 Å². The van der Waals surface area contributed by atoms with E-state index in [-0.39, 0.29) is 17.7 Å². The Bertz CT molecular complexity index is 1010. The first-order valence-electron chi connectivity index (χ1n) is 9.09. The maximum Gasteiger partial charge on any atom is 0.356 e. The first kappa shape index (κ1) is 17.5. The van der Waals surface area contributed by atoms with E-state index in [4.69, 9.17) is 0 Å². The van der Waals surface area contributed by atoms with Crippen LogP contribution in [0, 0.1) is 6.92 Å². The number of rotatable bonds is 4. The number of fused-ring (bicyclic) bond motifs is 1. The van der Waals surface area contributed by atoms with Gasteiger partial charge < -0.3 is 15.1 Å². The molecule has 140 valence electrons. The van der Waals surface area contributed by atoms with Crippen molar-refractivity contribution in [3.8, 4) is 0 Å². The fourth-order valence-electron chi connectivity index (χ4n) is 4.19. The van der Waals surface area contributed by atoms with Gasteiger partial charge in [0, 0.05) is 24.1 Å². The zero-order valence-electron chi connectivity index (χ0n) is 15.5. The first-order valence-corrected chi connectivity index (χ1v) is 9.09. The molecule has 0 saturated carbocycles. The van der Waals surface area contributed by atoms with Crippen LogP contribution in [0.4, 0.5) is 5.69 Å². The molecule has 2 N–H and O–H groups in total. The number of aryl methyl sites for hydroxylation is 1. The molecular weight excluding hydrogens is 342 g/mol. The van der Waals surface area contributed by atoms with E-state index in [0.717, 1.165) is 30.8 Å². The van der Waals surface area contributed by atoms with E-state index >= 15 is 0 Å². The highest BCUT2D eigenvalue weighted by Crippen LogP contribution is 2.37. The summed E-state index contributed by atoms with van der Waals surface area (Å²) in [5.41, 5.74) is 4.28. The van der Waals surface area contributed by atoms with Crippen LogP contribution in [0.1, 0.15) is 40.5 Å². The van der Waals surface area contributed by atoms with Crippen molar-refractivity contribution in [2.45, 2.75) is 32.3 Å². The van der Waals surface area contributed by atoms with E-state index in [1.54, 1.807) is 4.52 Å². The third-order valence-electron chi connectivity index (χ3n) is 5.67. The van der Waals surface area contributed by atoms with Crippen molar-refractivity contribution in [1.82, 2.24) is 9.61 Å². The van der Waals surface area contributed by atoms with Crippen LogP contribution in [0.3, 0.4) is 0 Å². The van der Waals surface area contributed by atoms with Gasteiger partial charge >= 0.3 is 5.97 Å². The summed E-state index contributed by atoms with van der Waals surface area (Å²) < 4.78 is 1.60. The van der Waals surface area contributed by atoms with Crippen LogP contribution in [-0.2, 0) is 12.0 Å². The third kappa shape index (κ3) is 2.86. The Labute approximate surface area is 157 Å². The van der Waals surface area contributed by atoms with Crippen molar-refractivity contribution < 1.29 is 15.0 Å². The summed E-state index contributed by atoms with van der Waals surface area (Å²) in [6.07, 6.45) is 2.92. The summed E-state index contributed by atoms with van der Waals surface area (Å²) in [4.78, 5) is 13.8. The van der Waals surface area contributed by atoms with Crippen LogP contribution < -0.4 is 4.90 Å². The molecule has 0 amide bonds. The number of aliphatic hydroxyl groups excluding tert-OH is 1. The average molecular weight is 365 g/mol. The highest BCUT2D eigenvalue weighted by atomic mass is 16.4. The Kier molecular flexibility index (Phi) is 4.15. The lowest BCUT2D eigenvalue weighted by Gasteiger charge is -2.26. The topological polar surface area (TPSA) is 78.1 Å². The number of aliphatic hydroxyl groups is 1. The first-order chi connectivity index (χ1) is 12.9. The molecule has 6 heteroatoms. The number of carboxylic acids is 1. The standard InChI is InChI=1S/C21H23N3O3/c1-14-10-16(11-24-19(14)17(12-25)18(22-24)20(26)27)23-9-8-21(2,13-23)15-6-4-3-5-7-15/h3-7,10-11,25H,8-9,12-13H2,1-2H3,(H,26,27)/t21-/m0/s1. The number of anilines is 1. The number of nitrogens with zero attached hydrogens (tertiary/aromatic N) is 3. The Balaban J connectivity index is 1.72. The van der Waals surface area contributed by atoms with Crippen molar-refractivity contribution in [1.29, 1.82) is 0 Å². The lowest BCUT2D eigenvalue weighted by atomic mass is 9.82. The van der Waals surface area contributed by atoms with Crippen molar-refractivity contribution in [2.75, 3.05) is 18.0 Å². The van der Waals surface area contributed by atoms with Crippen molar-refractivity contribution in [3.63, 3.8) is 0 Å². The van der Waals surface area contributed by atoms with Crippen molar-refractivity contribution in [2.24, 2.45) is 0 Å². The Morgan fingerprint density at radius 1 is 1.30 bits per heavy atom. The number of benzene rings is 1. The van der Waals surface area contributed by atoms with Crippen LogP contribution in [-0.4, -0.2) is 38.9 Å². The SMILES string of the molecule is Cc1cc(N2CC[C@](C)(c3ccccc3)C2)cn2nc(C(=O)O)c(CO)c12. The minimum absolute atomic E-state index is 0.0801. The van der Waals surface area contributed by atoms with Gasteiger partial charge in [-0.1, -0.05) is 37.3 Å². The summed E-state index contributed by atoms with van der Waals surface area (Å²) in [7, 11) is 0. The van der Waals surface area contributed by atoms with Crippen LogP contribution in [0.2, 0.25) is 0 Å².